The van der Waals surface area contributed by atoms with Gasteiger partial charge in [-0.25, -0.2) is 0 Å². The van der Waals surface area contributed by atoms with Crippen LogP contribution in [-0.4, -0.2) is 48.8 Å². The smallest absolute Gasteiger partial charge is 1.00 e. The van der Waals surface area contributed by atoms with Crippen molar-refractivity contribution < 1.29 is 12.8 Å². The molecule has 0 aliphatic carbocycles. The Kier molecular flexibility index (Phi) is 21.2. The van der Waals surface area contributed by atoms with Crippen LogP contribution in [0.25, 0.3) is 0 Å². The number of aliphatic carboxylic acids is 1. The molecule has 0 amide bonds. The van der Waals surface area contributed by atoms with Crippen molar-refractivity contribution in [1.29, 1.82) is 0 Å². The normalized spacial score (nSPS) is 10.6. The molecule has 0 aromatic heterocycles. The van der Waals surface area contributed by atoms with E-state index in [2.05, 4.69) is 19.1 Å². The minimum Gasteiger partial charge on any atom is -1.00 e. The third-order valence-electron chi connectivity index (χ3n) is 3.15. The van der Waals surface area contributed by atoms with Gasteiger partial charge in [-0.3, -0.25) is 4.79 Å². The van der Waals surface area contributed by atoms with Gasteiger partial charge in [0.15, 0.2) is 0 Å². The van der Waals surface area contributed by atoms with Crippen molar-refractivity contribution in [3.05, 3.63) is 12.2 Å². The summed E-state index contributed by atoms with van der Waals surface area (Å²) < 4.78 is 0. The van der Waals surface area contributed by atoms with Gasteiger partial charge in [-0.2, -0.15) is 0 Å². The molecular weight excluding hydrogens is 264 g/mol. The van der Waals surface area contributed by atoms with E-state index in [-0.39, 0.29) is 40.6 Å². The van der Waals surface area contributed by atoms with Crippen LogP contribution in [0.2, 0.25) is 0 Å². The molecule has 0 atom stereocenters. The second-order valence-corrected chi connectivity index (χ2v) is 5.02. The number of carboxylic acids is 1. The van der Waals surface area contributed by atoms with Gasteiger partial charge >= 0.3 is 43.7 Å². The van der Waals surface area contributed by atoms with Crippen molar-refractivity contribution in [3.8, 4) is 0 Å². The fourth-order valence-electron chi connectivity index (χ4n) is 1.99. The van der Waals surface area contributed by atoms with Crippen LogP contribution in [0.3, 0.4) is 0 Å². The number of carboxylic acid groups (broad SMARTS) is 1. The first-order chi connectivity index (χ1) is 8.77. The monoisotopic (exact) mass is 296 g/mol. The van der Waals surface area contributed by atoms with Crippen molar-refractivity contribution in [2.75, 3.05) is 0 Å². The van der Waals surface area contributed by atoms with Gasteiger partial charge < -0.3 is 7.96 Å². The van der Waals surface area contributed by atoms with Crippen LogP contribution in [0, 0.1) is 0 Å². The molecule has 0 bridgehead atoms. The quantitative estimate of drug-likeness (QED) is 0.289. The number of allylic oxidation sites excluding steroid dienone is 2. The first-order valence-corrected chi connectivity index (χ1v) is 7.64. The SMILES string of the molecule is CCCCCCC=CCCCCCCCC(=O)O.[Ca+2].[H-].[H-]. The maximum absolute atomic E-state index is 10.3. The van der Waals surface area contributed by atoms with E-state index in [9.17, 15) is 4.79 Å². The van der Waals surface area contributed by atoms with Crippen molar-refractivity contribution in [3.63, 3.8) is 0 Å². The van der Waals surface area contributed by atoms with Crippen LogP contribution >= 0.6 is 0 Å². The van der Waals surface area contributed by atoms with E-state index < -0.39 is 5.97 Å². The zero-order valence-electron chi connectivity index (χ0n) is 14.7. The Morgan fingerprint density at radius 3 is 1.89 bits per heavy atom. The minimum atomic E-state index is -0.666. The molecule has 110 valence electrons. The van der Waals surface area contributed by atoms with Crippen molar-refractivity contribution in [2.45, 2.75) is 84.0 Å². The van der Waals surface area contributed by atoms with Gasteiger partial charge in [0.25, 0.3) is 0 Å². The predicted molar refractivity (Wildman–Crippen MR) is 85.8 cm³/mol. The topological polar surface area (TPSA) is 37.3 Å². The molecule has 0 saturated carbocycles. The Balaban J connectivity index is -0.000000482. The Morgan fingerprint density at radius 1 is 0.895 bits per heavy atom. The largest absolute Gasteiger partial charge is 2.00 e. The number of rotatable bonds is 13. The van der Waals surface area contributed by atoms with Crippen molar-refractivity contribution in [2.24, 2.45) is 0 Å². The standard InChI is InChI=1S/C16H30O2.Ca.2H/c1-2-3-4-5-6-7-8-9-10-11-12-13-14-15-16(17)18;;;/h7-8H,2-6,9-15H2,1H3,(H,17,18);;;/q;+2;2*-1. The zero-order chi connectivity index (χ0) is 13.5. The van der Waals surface area contributed by atoms with Gasteiger partial charge in [0.2, 0.25) is 0 Å². The van der Waals surface area contributed by atoms with E-state index in [4.69, 9.17) is 5.11 Å². The molecule has 3 heteroatoms. The van der Waals surface area contributed by atoms with Crippen LogP contribution in [0.4, 0.5) is 0 Å². The predicted octanol–water partition coefficient (Wildman–Crippen LogP) is 5.17. The number of hydrogen-bond donors (Lipinski definition) is 1. The third-order valence-corrected chi connectivity index (χ3v) is 3.15. The maximum Gasteiger partial charge on any atom is 2.00 e. The third kappa shape index (κ3) is 20.9. The minimum absolute atomic E-state index is 0. The molecule has 0 aliphatic heterocycles. The molecule has 0 unspecified atom stereocenters. The number of hydrogen-bond acceptors (Lipinski definition) is 1. The molecule has 0 fully saturated rings. The summed E-state index contributed by atoms with van der Waals surface area (Å²) in [6.07, 6.45) is 18.3. The van der Waals surface area contributed by atoms with E-state index >= 15 is 0 Å². The molecule has 0 aromatic rings. The van der Waals surface area contributed by atoms with Gasteiger partial charge in [-0.05, 0) is 32.1 Å². The van der Waals surface area contributed by atoms with Crippen LogP contribution < -0.4 is 0 Å². The Morgan fingerprint density at radius 2 is 1.37 bits per heavy atom. The number of unbranched alkanes of at least 4 members (excludes halogenated alkanes) is 9. The maximum atomic E-state index is 10.3. The van der Waals surface area contributed by atoms with Crippen molar-refractivity contribution >= 4 is 43.7 Å². The summed E-state index contributed by atoms with van der Waals surface area (Å²) in [6.45, 7) is 2.24. The van der Waals surface area contributed by atoms with Gasteiger partial charge in [-0.1, -0.05) is 57.6 Å². The molecule has 0 heterocycles. The zero-order valence-corrected chi connectivity index (χ0v) is 14.9. The molecule has 2 nitrogen and oxygen atoms in total. The molecule has 0 aromatic carbocycles. The van der Waals surface area contributed by atoms with Crippen LogP contribution in [0.5, 0.6) is 0 Å². The fraction of sp³-hybridized carbons (Fsp3) is 0.812. The Hall–Kier alpha value is 0.470. The first kappa shape index (κ1) is 21.8. The number of carbonyl (C=O) groups is 1. The Bertz CT molecular complexity index is 224. The second kappa shape index (κ2) is 18.5. The van der Waals surface area contributed by atoms with Crippen LogP contribution in [0.15, 0.2) is 12.2 Å². The molecule has 0 saturated heterocycles. The van der Waals surface area contributed by atoms with E-state index in [0.717, 1.165) is 12.8 Å². The average molecular weight is 297 g/mol. The van der Waals surface area contributed by atoms with E-state index in [1.54, 1.807) is 0 Å². The van der Waals surface area contributed by atoms with Crippen LogP contribution in [-0.2, 0) is 4.79 Å². The summed E-state index contributed by atoms with van der Waals surface area (Å²) in [6, 6.07) is 0. The summed E-state index contributed by atoms with van der Waals surface area (Å²) in [7, 11) is 0. The second-order valence-electron chi connectivity index (χ2n) is 5.02. The van der Waals surface area contributed by atoms with Crippen LogP contribution in [0.1, 0.15) is 86.8 Å². The Labute approximate surface area is 152 Å². The van der Waals surface area contributed by atoms with E-state index in [0.29, 0.717) is 6.42 Å². The summed E-state index contributed by atoms with van der Waals surface area (Å²) >= 11 is 0. The molecule has 19 heavy (non-hydrogen) atoms. The van der Waals surface area contributed by atoms with E-state index in [1.165, 1.54) is 57.8 Å². The van der Waals surface area contributed by atoms with Crippen molar-refractivity contribution in [1.82, 2.24) is 0 Å². The fourth-order valence-corrected chi connectivity index (χ4v) is 1.99. The average Bonchev–Trinajstić information content (AvgIpc) is 2.34. The molecule has 0 radical (unpaired) electrons. The molecule has 0 rings (SSSR count). The van der Waals surface area contributed by atoms with E-state index in [1.807, 2.05) is 0 Å². The molecular formula is C16H32CaO2. The summed E-state index contributed by atoms with van der Waals surface area (Å²) in [5.41, 5.74) is 0. The van der Waals surface area contributed by atoms with Gasteiger partial charge in [-0.15, -0.1) is 0 Å². The molecule has 0 spiro atoms. The first-order valence-electron chi connectivity index (χ1n) is 7.64. The molecule has 0 aliphatic rings. The molecule has 1 N–H and O–H groups in total. The van der Waals surface area contributed by atoms with Gasteiger partial charge in [0, 0.05) is 6.42 Å². The van der Waals surface area contributed by atoms with Gasteiger partial charge in [0.1, 0.15) is 0 Å². The summed E-state index contributed by atoms with van der Waals surface area (Å²) in [5, 5.41) is 8.48. The summed E-state index contributed by atoms with van der Waals surface area (Å²) in [5.74, 6) is -0.666. The summed E-state index contributed by atoms with van der Waals surface area (Å²) in [4.78, 5) is 10.3. The van der Waals surface area contributed by atoms with Gasteiger partial charge in [0.05, 0.1) is 0 Å².